The van der Waals surface area contributed by atoms with Crippen LogP contribution in [0.25, 0.3) is 0 Å². The molecule has 0 bridgehead atoms. The Labute approximate surface area is 74.6 Å². The summed E-state index contributed by atoms with van der Waals surface area (Å²) in [7, 11) is 0. The molecular weight excluding hydrogens is 154 g/mol. The average Bonchev–Trinajstić information content (AvgIpc) is 2.65. The van der Waals surface area contributed by atoms with E-state index in [0.29, 0.717) is 0 Å². The van der Waals surface area contributed by atoms with E-state index in [-0.39, 0.29) is 5.54 Å². The summed E-state index contributed by atoms with van der Waals surface area (Å²) in [5.41, 5.74) is 0.236. The van der Waals surface area contributed by atoms with Gasteiger partial charge in [0, 0.05) is 0 Å². The minimum absolute atomic E-state index is 0.236. The SMILES string of the molecule is CC.CCC12COCN1COC2. The van der Waals surface area contributed by atoms with Gasteiger partial charge in [-0.05, 0) is 6.42 Å². The highest BCUT2D eigenvalue weighted by atomic mass is 16.6. The van der Waals surface area contributed by atoms with Gasteiger partial charge in [0.15, 0.2) is 0 Å². The normalized spacial score (nSPS) is 26.2. The molecule has 2 rings (SSSR count). The van der Waals surface area contributed by atoms with Gasteiger partial charge < -0.3 is 9.47 Å². The molecule has 0 spiro atoms. The zero-order valence-corrected chi connectivity index (χ0v) is 8.30. The van der Waals surface area contributed by atoms with Crippen LogP contribution in [0, 0.1) is 0 Å². The Morgan fingerprint density at radius 1 is 1.17 bits per heavy atom. The van der Waals surface area contributed by atoms with Crippen LogP contribution in [-0.2, 0) is 9.47 Å². The summed E-state index contributed by atoms with van der Waals surface area (Å²) in [4.78, 5) is 2.27. The predicted octanol–water partition coefficient (Wildman–Crippen LogP) is 1.44. The van der Waals surface area contributed by atoms with E-state index in [4.69, 9.17) is 9.47 Å². The van der Waals surface area contributed by atoms with Crippen LogP contribution in [0.1, 0.15) is 27.2 Å². The van der Waals surface area contributed by atoms with Gasteiger partial charge in [-0.25, -0.2) is 4.90 Å². The second-order valence-electron chi connectivity index (χ2n) is 3.07. The van der Waals surface area contributed by atoms with Gasteiger partial charge in [0.25, 0.3) is 0 Å². The van der Waals surface area contributed by atoms with Crippen molar-refractivity contribution in [2.45, 2.75) is 32.7 Å². The van der Waals surface area contributed by atoms with E-state index >= 15 is 0 Å². The maximum absolute atomic E-state index is 5.35. The van der Waals surface area contributed by atoms with Gasteiger partial charge >= 0.3 is 0 Å². The van der Waals surface area contributed by atoms with Crippen LogP contribution in [0.4, 0.5) is 0 Å². The lowest BCUT2D eigenvalue weighted by Crippen LogP contribution is -2.42. The van der Waals surface area contributed by atoms with Crippen molar-refractivity contribution in [2.24, 2.45) is 0 Å². The first-order valence-corrected chi connectivity index (χ1v) is 4.78. The fourth-order valence-corrected chi connectivity index (χ4v) is 1.65. The second-order valence-corrected chi connectivity index (χ2v) is 3.07. The zero-order valence-electron chi connectivity index (χ0n) is 8.30. The largest absolute Gasteiger partial charge is 0.364 e. The molecule has 0 unspecified atom stereocenters. The molecule has 3 heteroatoms. The molecule has 12 heavy (non-hydrogen) atoms. The minimum atomic E-state index is 0.236. The van der Waals surface area contributed by atoms with E-state index in [9.17, 15) is 0 Å². The zero-order chi connectivity index (χ0) is 9.03. The van der Waals surface area contributed by atoms with E-state index in [1.807, 2.05) is 13.8 Å². The summed E-state index contributed by atoms with van der Waals surface area (Å²) >= 11 is 0. The third-order valence-corrected chi connectivity index (χ3v) is 2.56. The van der Waals surface area contributed by atoms with Gasteiger partial charge in [-0.2, -0.15) is 0 Å². The topological polar surface area (TPSA) is 21.7 Å². The molecule has 0 aromatic rings. The van der Waals surface area contributed by atoms with Crippen molar-refractivity contribution in [2.75, 3.05) is 26.7 Å². The van der Waals surface area contributed by atoms with Crippen molar-refractivity contribution in [3.63, 3.8) is 0 Å². The molecule has 0 aromatic carbocycles. The van der Waals surface area contributed by atoms with E-state index in [1.54, 1.807) is 0 Å². The molecule has 0 aromatic heterocycles. The molecular formula is C9H19NO2. The standard InChI is InChI=1S/C7H13NO2.C2H6/c1-2-7-3-9-5-8(7)6-10-4-7;1-2/h2-6H2,1H3;1-2H3. The lowest BCUT2D eigenvalue weighted by Gasteiger charge is -2.24. The minimum Gasteiger partial charge on any atom is -0.364 e. The van der Waals surface area contributed by atoms with Crippen molar-refractivity contribution in [1.29, 1.82) is 0 Å². The van der Waals surface area contributed by atoms with Crippen molar-refractivity contribution in [3.05, 3.63) is 0 Å². The lowest BCUT2D eigenvalue weighted by atomic mass is 9.99. The Hall–Kier alpha value is -0.120. The second kappa shape index (κ2) is 4.21. The highest BCUT2D eigenvalue weighted by Crippen LogP contribution is 2.30. The third kappa shape index (κ3) is 1.49. The first kappa shape index (κ1) is 9.96. The summed E-state index contributed by atoms with van der Waals surface area (Å²) < 4.78 is 10.7. The van der Waals surface area contributed by atoms with Gasteiger partial charge in [0.05, 0.1) is 18.8 Å². The number of ether oxygens (including phenoxy) is 2. The van der Waals surface area contributed by atoms with E-state index in [0.717, 1.165) is 33.1 Å². The summed E-state index contributed by atoms with van der Waals surface area (Å²) in [6.07, 6.45) is 1.13. The van der Waals surface area contributed by atoms with Gasteiger partial charge in [0.2, 0.25) is 0 Å². The fourth-order valence-electron chi connectivity index (χ4n) is 1.65. The molecule has 0 amide bonds. The smallest absolute Gasteiger partial charge is 0.101 e. The molecule has 2 heterocycles. The Kier molecular flexibility index (Phi) is 3.50. The van der Waals surface area contributed by atoms with Crippen LogP contribution >= 0.6 is 0 Å². The molecule has 0 N–H and O–H groups in total. The van der Waals surface area contributed by atoms with Crippen LogP contribution in [0.2, 0.25) is 0 Å². The van der Waals surface area contributed by atoms with Gasteiger partial charge in [-0.1, -0.05) is 20.8 Å². The molecule has 2 saturated heterocycles. The molecule has 2 aliphatic rings. The van der Waals surface area contributed by atoms with Gasteiger partial charge in [-0.3, -0.25) is 0 Å². The number of nitrogens with zero attached hydrogens (tertiary/aromatic N) is 1. The fraction of sp³-hybridized carbons (Fsp3) is 1.00. The third-order valence-electron chi connectivity index (χ3n) is 2.56. The average molecular weight is 173 g/mol. The molecule has 0 saturated carbocycles. The monoisotopic (exact) mass is 173 g/mol. The van der Waals surface area contributed by atoms with Crippen LogP contribution in [-0.4, -0.2) is 37.1 Å². The van der Waals surface area contributed by atoms with E-state index in [2.05, 4.69) is 11.8 Å². The lowest BCUT2D eigenvalue weighted by molar-refractivity contribution is 0.0695. The van der Waals surface area contributed by atoms with Crippen LogP contribution in [0.15, 0.2) is 0 Å². The maximum atomic E-state index is 5.35. The predicted molar refractivity (Wildman–Crippen MR) is 47.8 cm³/mol. The summed E-state index contributed by atoms with van der Waals surface area (Å²) in [5.74, 6) is 0. The molecule has 2 fully saturated rings. The van der Waals surface area contributed by atoms with E-state index in [1.165, 1.54) is 0 Å². The number of hydrogen-bond acceptors (Lipinski definition) is 3. The first-order valence-electron chi connectivity index (χ1n) is 4.78. The molecule has 0 atom stereocenters. The molecule has 2 aliphatic heterocycles. The van der Waals surface area contributed by atoms with Crippen LogP contribution < -0.4 is 0 Å². The van der Waals surface area contributed by atoms with Crippen molar-refractivity contribution < 1.29 is 9.47 Å². The summed E-state index contributed by atoms with van der Waals surface area (Å²) in [5, 5.41) is 0. The Balaban J connectivity index is 0.000000336. The van der Waals surface area contributed by atoms with Crippen molar-refractivity contribution in [3.8, 4) is 0 Å². The first-order chi connectivity index (χ1) is 5.87. The highest BCUT2D eigenvalue weighted by molar-refractivity contribution is 4.94. The number of hydrogen-bond donors (Lipinski definition) is 0. The summed E-state index contributed by atoms with van der Waals surface area (Å²) in [6.45, 7) is 9.41. The quantitative estimate of drug-likeness (QED) is 0.599. The highest BCUT2D eigenvalue weighted by Gasteiger charge is 2.44. The number of fused-ring (bicyclic) bond motifs is 1. The van der Waals surface area contributed by atoms with E-state index < -0.39 is 0 Å². The Morgan fingerprint density at radius 2 is 1.67 bits per heavy atom. The van der Waals surface area contributed by atoms with Crippen LogP contribution in [0.3, 0.4) is 0 Å². The molecule has 72 valence electrons. The molecule has 0 radical (unpaired) electrons. The molecule has 3 nitrogen and oxygen atoms in total. The molecule has 0 aliphatic carbocycles. The maximum Gasteiger partial charge on any atom is 0.101 e. The van der Waals surface area contributed by atoms with Gasteiger partial charge in [0.1, 0.15) is 13.5 Å². The van der Waals surface area contributed by atoms with Crippen LogP contribution in [0.5, 0.6) is 0 Å². The van der Waals surface area contributed by atoms with Crippen molar-refractivity contribution >= 4 is 0 Å². The Morgan fingerprint density at radius 3 is 2.00 bits per heavy atom. The van der Waals surface area contributed by atoms with Crippen molar-refractivity contribution in [1.82, 2.24) is 4.90 Å². The van der Waals surface area contributed by atoms with Gasteiger partial charge in [-0.15, -0.1) is 0 Å². The number of rotatable bonds is 1. The summed E-state index contributed by atoms with van der Waals surface area (Å²) in [6, 6.07) is 0. The Bertz CT molecular complexity index is 128.